The van der Waals surface area contributed by atoms with E-state index >= 15 is 0 Å². The molecule has 0 bridgehead atoms. The van der Waals surface area contributed by atoms with Gasteiger partial charge in [0.1, 0.15) is 0 Å². The highest BCUT2D eigenvalue weighted by molar-refractivity contribution is 4.81. The molecule has 2 unspecified atom stereocenters. The van der Waals surface area contributed by atoms with Gasteiger partial charge in [-0.3, -0.25) is 0 Å². The van der Waals surface area contributed by atoms with Crippen molar-refractivity contribution in [2.24, 2.45) is 5.92 Å². The molecule has 0 aromatic carbocycles. The lowest BCUT2D eigenvalue weighted by Crippen LogP contribution is -2.40. The van der Waals surface area contributed by atoms with Crippen molar-refractivity contribution < 1.29 is 4.74 Å². The molecule has 2 atom stereocenters. The van der Waals surface area contributed by atoms with Gasteiger partial charge < -0.3 is 10.1 Å². The number of hydrogen-bond donors (Lipinski definition) is 1. The molecule has 88 valence electrons. The second-order valence-electron chi connectivity index (χ2n) is 4.40. The number of allylic oxidation sites excluding steroid dienone is 1. The fourth-order valence-electron chi connectivity index (χ4n) is 2.21. The van der Waals surface area contributed by atoms with Crippen molar-refractivity contribution in [3.63, 3.8) is 0 Å². The van der Waals surface area contributed by atoms with Gasteiger partial charge in [-0.25, -0.2) is 0 Å². The molecule has 1 saturated heterocycles. The van der Waals surface area contributed by atoms with Gasteiger partial charge >= 0.3 is 0 Å². The third-order valence-corrected chi connectivity index (χ3v) is 3.10. The monoisotopic (exact) mass is 211 g/mol. The van der Waals surface area contributed by atoms with Gasteiger partial charge in [0.05, 0.1) is 6.61 Å². The summed E-state index contributed by atoms with van der Waals surface area (Å²) in [6.07, 6.45) is 8.08. The third-order valence-electron chi connectivity index (χ3n) is 3.10. The molecule has 0 saturated carbocycles. The summed E-state index contributed by atoms with van der Waals surface area (Å²) < 4.78 is 5.56. The van der Waals surface area contributed by atoms with Crippen LogP contribution in [-0.4, -0.2) is 25.8 Å². The second-order valence-corrected chi connectivity index (χ2v) is 4.40. The van der Waals surface area contributed by atoms with Gasteiger partial charge in [-0.1, -0.05) is 13.0 Å². The summed E-state index contributed by atoms with van der Waals surface area (Å²) in [6, 6.07) is 0.628. The maximum atomic E-state index is 5.56. The summed E-state index contributed by atoms with van der Waals surface area (Å²) in [7, 11) is 0. The Hall–Kier alpha value is -0.340. The second kappa shape index (κ2) is 7.89. The maximum absolute atomic E-state index is 5.56. The van der Waals surface area contributed by atoms with E-state index in [0.717, 1.165) is 26.2 Å². The zero-order valence-corrected chi connectivity index (χ0v) is 10.0. The van der Waals surface area contributed by atoms with Crippen LogP contribution in [0.2, 0.25) is 0 Å². The van der Waals surface area contributed by atoms with E-state index in [-0.39, 0.29) is 0 Å². The van der Waals surface area contributed by atoms with Crippen LogP contribution in [0.1, 0.15) is 39.0 Å². The van der Waals surface area contributed by atoms with Gasteiger partial charge in [0.25, 0.3) is 0 Å². The predicted octanol–water partition coefficient (Wildman–Crippen LogP) is 2.75. The molecule has 1 fully saturated rings. The van der Waals surface area contributed by atoms with Gasteiger partial charge in [0.2, 0.25) is 0 Å². The first-order valence-corrected chi connectivity index (χ1v) is 6.30. The average molecular weight is 211 g/mol. The van der Waals surface area contributed by atoms with Crippen LogP contribution < -0.4 is 5.32 Å². The largest absolute Gasteiger partial charge is 0.381 e. The number of hydrogen-bond acceptors (Lipinski definition) is 2. The van der Waals surface area contributed by atoms with E-state index in [2.05, 4.69) is 18.8 Å². The fourth-order valence-corrected chi connectivity index (χ4v) is 2.21. The summed E-state index contributed by atoms with van der Waals surface area (Å²) in [5, 5.41) is 3.65. The van der Waals surface area contributed by atoms with Crippen molar-refractivity contribution in [3.8, 4) is 0 Å². The Kier molecular flexibility index (Phi) is 6.69. The number of nitrogens with one attached hydrogen (secondary N) is 1. The quantitative estimate of drug-likeness (QED) is 0.654. The van der Waals surface area contributed by atoms with Crippen molar-refractivity contribution >= 4 is 0 Å². The molecule has 0 radical (unpaired) electrons. The molecule has 1 heterocycles. The van der Waals surface area contributed by atoms with E-state index in [1.807, 2.05) is 6.08 Å². The molecule has 2 nitrogen and oxygen atoms in total. The van der Waals surface area contributed by atoms with Crippen LogP contribution in [0.3, 0.4) is 0 Å². The molecule has 0 aromatic heterocycles. The molecule has 1 rings (SSSR count). The fraction of sp³-hybridized carbons (Fsp3) is 0.846. The van der Waals surface area contributed by atoms with Crippen LogP contribution in [0.15, 0.2) is 12.7 Å². The van der Waals surface area contributed by atoms with Crippen LogP contribution >= 0.6 is 0 Å². The molecular weight excluding hydrogens is 186 g/mol. The van der Waals surface area contributed by atoms with E-state index in [0.29, 0.717) is 12.0 Å². The number of rotatable bonds is 7. The van der Waals surface area contributed by atoms with Gasteiger partial charge in [0.15, 0.2) is 0 Å². The highest BCUT2D eigenvalue weighted by Gasteiger charge is 2.22. The van der Waals surface area contributed by atoms with Crippen LogP contribution in [-0.2, 0) is 4.74 Å². The third kappa shape index (κ3) is 4.80. The smallest absolute Gasteiger partial charge is 0.0509 e. The lowest BCUT2D eigenvalue weighted by Gasteiger charge is -2.31. The zero-order valence-electron chi connectivity index (χ0n) is 10.0. The normalized spacial score (nSPS) is 23.7. The minimum Gasteiger partial charge on any atom is -0.381 e. The topological polar surface area (TPSA) is 21.3 Å². The van der Waals surface area contributed by atoms with E-state index in [1.165, 1.54) is 25.7 Å². The van der Waals surface area contributed by atoms with Crippen molar-refractivity contribution in [1.82, 2.24) is 5.32 Å². The molecular formula is C13H25NO. The summed E-state index contributed by atoms with van der Waals surface area (Å²) in [5.41, 5.74) is 0. The first-order chi connectivity index (χ1) is 7.38. The summed E-state index contributed by atoms with van der Waals surface area (Å²) >= 11 is 0. The Morgan fingerprint density at radius 1 is 1.60 bits per heavy atom. The Morgan fingerprint density at radius 2 is 2.47 bits per heavy atom. The molecule has 1 aliphatic heterocycles. The minimum absolute atomic E-state index is 0.628. The lowest BCUT2D eigenvalue weighted by molar-refractivity contribution is 0.0381. The van der Waals surface area contributed by atoms with Gasteiger partial charge in [-0.2, -0.15) is 0 Å². The average Bonchev–Trinajstić information content (AvgIpc) is 2.30. The molecule has 0 aliphatic carbocycles. The van der Waals surface area contributed by atoms with Crippen molar-refractivity contribution in [3.05, 3.63) is 12.7 Å². The van der Waals surface area contributed by atoms with Crippen LogP contribution in [0.4, 0.5) is 0 Å². The van der Waals surface area contributed by atoms with Crippen LogP contribution in [0, 0.1) is 5.92 Å². The Morgan fingerprint density at radius 3 is 3.07 bits per heavy atom. The van der Waals surface area contributed by atoms with Crippen LogP contribution in [0.25, 0.3) is 0 Å². The zero-order chi connectivity index (χ0) is 10.9. The first-order valence-electron chi connectivity index (χ1n) is 6.30. The number of ether oxygens (including phenoxy) is 1. The Balaban J connectivity index is 2.33. The minimum atomic E-state index is 0.628. The van der Waals surface area contributed by atoms with E-state index < -0.39 is 0 Å². The van der Waals surface area contributed by atoms with Crippen molar-refractivity contribution in [2.45, 2.75) is 45.1 Å². The summed E-state index contributed by atoms with van der Waals surface area (Å²) in [6.45, 7) is 9.04. The Bertz CT molecular complexity index is 164. The maximum Gasteiger partial charge on any atom is 0.0509 e. The van der Waals surface area contributed by atoms with Crippen molar-refractivity contribution in [1.29, 1.82) is 0 Å². The van der Waals surface area contributed by atoms with Gasteiger partial charge in [0, 0.05) is 12.6 Å². The van der Waals surface area contributed by atoms with Gasteiger partial charge in [-0.05, 0) is 44.6 Å². The highest BCUT2D eigenvalue weighted by Crippen LogP contribution is 2.20. The first kappa shape index (κ1) is 12.7. The molecule has 0 spiro atoms. The molecule has 1 N–H and O–H groups in total. The van der Waals surface area contributed by atoms with E-state index in [1.54, 1.807) is 0 Å². The van der Waals surface area contributed by atoms with Crippen LogP contribution in [0.5, 0.6) is 0 Å². The summed E-state index contributed by atoms with van der Waals surface area (Å²) in [4.78, 5) is 0. The standard InChI is InChI=1S/C13H25NO/c1-3-5-8-13(14-9-4-2)12-7-6-10-15-11-12/h3,12-14H,1,4-11H2,2H3. The van der Waals surface area contributed by atoms with Gasteiger partial charge in [-0.15, -0.1) is 6.58 Å². The molecule has 0 amide bonds. The van der Waals surface area contributed by atoms with E-state index in [9.17, 15) is 0 Å². The molecule has 2 heteroatoms. The Labute approximate surface area is 94.1 Å². The van der Waals surface area contributed by atoms with Crippen molar-refractivity contribution in [2.75, 3.05) is 19.8 Å². The molecule has 0 aromatic rings. The summed E-state index contributed by atoms with van der Waals surface area (Å²) in [5.74, 6) is 0.713. The highest BCUT2D eigenvalue weighted by atomic mass is 16.5. The SMILES string of the molecule is C=CCCC(NCCC)C1CCCOC1. The molecule has 1 aliphatic rings. The van der Waals surface area contributed by atoms with E-state index in [4.69, 9.17) is 4.74 Å². The molecule has 15 heavy (non-hydrogen) atoms. The lowest BCUT2D eigenvalue weighted by atomic mass is 9.90. The predicted molar refractivity (Wildman–Crippen MR) is 65.1 cm³/mol.